The van der Waals surface area contributed by atoms with Gasteiger partial charge in [-0.15, -0.1) is 0 Å². The lowest BCUT2D eigenvalue weighted by atomic mass is 9.82. The standard InChI is InChI=1S/C14H26N2O/c1-2-10-5-3-4-6-13(10)16-14(17)11-7-8-12(15)9-11/h10-13H,2-9,15H2,1H3,(H,16,17). The molecule has 0 aromatic heterocycles. The number of nitrogens with one attached hydrogen (secondary N) is 1. The van der Waals surface area contributed by atoms with Gasteiger partial charge < -0.3 is 11.1 Å². The van der Waals surface area contributed by atoms with E-state index in [9.17, 15) is 4.79 Å². The van der Waals surface area contributed by atoms with Crippen molar-refractivity contribution in [2.75, 3.05) is 0 Å². The molecule has 0 aromatic carbocycles. The second-order valence-corrected chi connectivity index (χ2v) is 5.84. The van der Waals surface area contributed by atoms with Crippen LogP contribution in [0.5, 0.6) is 0 Å². The molecule has 3 nitrogen and oxygen atoms in total. The highest BCUT2D eigenvalue weighted by Crippen LogP contribution is 2.29. The predicted octanol–water partition coefficient (Wildman–Crippen LogP) is 2.20. The van der Waals surface area contributed by atoms with Gasteiger partial charge in [0.05, 0.1) is 0 Å². The second-order valence-electron chi connectivity index (χ2n) is 5.84. The van der Waals surface area contributed by atoms with Gasteiger partial charge in [-0.2, -0.15) is 0 Å². The molecule has 1 amide bonds. The van der Waals surface area contributed by atoms with E-state index in [2.05, 4.69) is 12.2 Å². The van der Waals surface area contributed by atoms with Crippen molar-refractivity contribution in [3.05, 3.63) is 0 Å². The van der Waals surface area contributed by atoms with Crippen LogP contribution in [0.2, 0.25) is 0 Å². The van der Waals surface area contributed by atoms with Crippen LogP contribution in [-0.2, 0) is 4.79 Å². The monoisotopic (exact) mass is 238 g/mol. The third kappa shape index (κ3) is 3.21. The second kappa shape index (κ2) is 5.85. The van der Waals surface area contributed by atoms with E-state index in [1.807, 2.05) is 0 Å². The Bertz CT molecular complexity index is 267. The van der Waals surface area contributed by atoms with Crippen LogP contribution in [0, 0.1) is 11.8 Å². The first kappa shape index (κ1) is 12.9. The van der Waals surface area contributed by atoms with Crippen molar-refractivity contribution in [3.8, 4) is 0 Å². The third-order valence-corrected chi connectivity index (χ3v) is 4.61. The summed E-state index contributed by atoms with van der Waals surface area (Å²) in [5.74, 6) is 1.15. The van der Waals surface area contributed by atoms with Crippen molar-refractivity contribution in [1.82, 2.24) is 5.32 Å². The predicted molar refractivity (Wildman–Crippen MR) is 69.5 cm³/mol. The molecule has 2 saturated carbocycles. The van der Waals surface area contributed by atoms with E-state index in [-0.39, 0.29) is 17.9 Å². The molecule has 4 atom stereocenters. The number of nitrogens with two attached hydrogens (primary N) is 1. The molecule has 2 rings (SSSR count). The number of rotatable bonds is 3. The molecule has 98 valence electrons. The molecule has 0 spiro atoms. The fourth-order valence-electron chi connectivity index (χ4n) is 3.44. The highest BCUT2D eigenvalue weighted by molar-refractivity contribution is 5.79. The normalized spacial score (nSPS) is 38.0. The van der Waals surface area contributed by atoms with E-state index >= 15 is 0 Å². The average molecular weight is 238 g/mol. The molecule has 2 fully saturated rings. The van der Waals surface area contributed by atoms with E-state index in [4.69, 9.17) is 5.73 Å². The van der Waals surface area contributed by atoms with Gasteiger partial charge >= 0.3 is 0 Å². The lowest BCUT2D eigenvalue weighted by molar-refractivity contribution is -0.126. The first-order valence-electron chi connectivity index (χ1n) is 7.26. The van der Waals surface area contributed by atoms with Gasteiger partial charge in [-0.05, 0) is 38.0 Å². The summed E-state index contributed by atoms with van der Waals surface area (Å²) in [5.41, 5.74) is 5.87. The molecule has 0 aliphatic heterocycles. The Balaban J connectivity index is 1.84. The molecule has 2 aliphatic rings. The molecule has 0 bridgehead atoms. The average Bonchev–Trinajstić information content (AvgIpc) is 2.77. The fraction of sp³-hybridized carbons (Fsp3) is 0.929. The summed E-state index contributed by atoms with van der Waals surface area (Å²) in [6, 6.07) is 0.678. The van der Waals surface area contributed by atoms with E-state index in [1.54, 1.807) is 0 Å². The van der Waals surface area contributed by atoms with E-state index in [0.29, 0.717) is 12.0 Å². The van der Waals surface area contributed by atoms with Gasteiger partial charge in [0.2, 0.25) is 5.91 Å². The quantitative estimate of drug-likeness (QED) is 0.792. The Labute approximate surface area is 105 Å². The number of carbonyl (C=O) groups is 1. The summed E-state index contributed by atoms with van der Waals surface area (Å²) < 4.78 is 0. The molecular formula is C14H26N2O. The first-order valence-corrected chi connectivity index (χ1v) is 7.26. The van der Waals surface area contributed by atoms with Crippen molar-refractivity contribution >= 4 is 5.91 Å². The highest BCUT2D eigenvalue weighted by Gasteiger charge is 2.31. The number of carbonyl (C=O) groups excluding carboxylic acids is 1. The van der Waals surface area contributed by atoms with Crippen molar-refractivity contribution in [1.29, 1.82) is 0 Å². The van der Waals surface area contributed by atoms with Gasteiger partial charge in [0, 0.05) is 18.0 Å². The van der Waals surface area contributed by atoms with Gasteiger partial charge in [0.15, 0.2) is 0 Å². The van der Waals surface area contributed by atoms with E-state index < -0.39 is 0 Å². The SMILES string of the molecule is CCC1CCCCC1NC(=O)C1CCC(N)C1. The van der Waals surface area contributed by atoms with Gasteiger partial charge in [0.1, 0.15) is 0 Å². The third-order valence-electron chi connectivity index (χ3n) is 4.61. The Morgan fingerprint density at radius 1 is 1.24 bits per heavy atom. The van der Waals surface area contributed by atoms with Crippen molar-refractivity contribution in [3.63, 3.8) is 0 Å². The topological polar surface area (TPSA) is 55.1 Å². The summed E-state index contributed by atoms with van der Waals surface area (Å²) in [6.07, 6.45) is 9.13. The van der Waals surface area contributed by atoms with Gasteiger partial charge in [0.25, 0.3) is 0 Å². The number of amides is 1. The Morgan fingerprint density at radius 2 is 2.00 bits per heavy atom. The fourth-order valence-corrected chi connectivity index (χ4v) is 3.44. The summed E-state index contributed by atoms with van der Waals surface area (Å²) in [5, 5.41) is 3.29. The molecule has 0 heterocycles. The summed E-state index contributed by atoms with van der Waals surface area (Å²) in [4.78, 5) is 12.2. The Hall–Kier alpha value is -0.570. The minimum Gasteiger partial charge on any atom is -0.353 e. The van der Waals surface area contributed by atoms with Crippen LogP contribution < -0.4 is 11.1 Å². The van der Waals surface area contributed by atoms with Crippen molar-refractivity contribution in [2.45, 2.75) is 70.4 Å². The number of hydrogen-bond donors (Lipinski definition) is 2. The molecule has 3 heteroatoms. The van der Waals surface area contributed by atoms with Crippen LogP contribution in [-0.4, -0.2) is 18.0 Å². The summed E-state index contributed by atoms with van der Waals surface area (Å²) in [7, 11) is 0. The number of hydrogen-bond acceptors (Lipinski definition) is 2. The first-order chi connectivity index (χ1) is 8.20. The minimum absolute atomic E-state index is 0.185. The molecule has 4 unspecified atom stereocenters. The van der Waals surface area contributed by atoms with Gasteiger partial charge in [-0.3, -0.25) is 4.79 Å². The van der Waals surface area contributed by atoms with E-state index in [1.165, 1.54) is 32.1 Å². The van der Waals surface area contributed by atoms with E-state index in [0.717, 1.165) is 19.3 Å². The van der Waals surface area contributed by atoms with Gasteiger partial charge in [-0.1, -0.05) is 26.2 Å². The molecule has 0 radical (unpaired) electrons. The zero-order chi connectivity index (χ0) is 12.3. The maximum atomic E-state index is 12.2. The molecule has 0 aromatic rings. The van der Waals surface area contributed by atoms with Crippen LogP contribution in [0.15, 0.2) is 0 Å². The van der Waals surface area contributed by atoms with Crippen LogP contribution in [0.25, 0.3) is 0 Å². The molecule has 17 heavy (non-hydrogen) atoms. The van der Waals surface area contributed by atoms with Crippen LogP contribution >= 0.6 is 0 Å². The highest BCUT2D eigenvalue weighted by atomic mass is 16.1. The van der Waals surface area contributed by atoms with Crippen molar-refractivity contribution < 1.29 is 4.79 Å². The maximum Gasteiger partial charge on any atom is 0.223 e. The molecule has 3 N–H and O–H groups in total. The van der Waals surface area contributed by atoms with Crippen LogP contribution in [0.1, 0.15) is 58.3 Å². The lowest BCUT2D eigenvalue weighted by Crippen LogP contribution is -2.44. The summed E-state index contributed by atoms with van der Waals surface area (Å²) in [6.45, 7) is 2.24. The minimum atomic E-state index is 0.185. The molecule has 2 aliphatic carbocycles. The Kier molecular flexibility index (Phi) is 4.43. The largest absolute Gasteiger partial charge is 0.353 e. The van der Waals surface area contributed by atoms with Crippen LogP contribution in [0.4, 0.5) is 0 Å². The lowest BCUT2D eigenvalue weighted by Gasteiger charge is -2.32. The smallest absolute Gasteiger partial charge is 0.223 e. The maximum absolute atomic E-state index is 12.2. The molecular weight excluding hydrogens is 212 g/mol. The molecule has 0 saturated heterocycles. The Morgan fingerprint density at radius 3 is 2.65 bits per heavy atom. The zero-order valence-electron chi connectivity index (χ0n) is 11.0. The van der Waals surface area contributed by atoms with Crippen molar-refractivity contribution in [2.24, 2.45) is 17.6 Å². The summed E-state index contributed by atoms with van der Waals surface area (Å²) >= 11 is 0. The van der Waals surface area contributed by atoms with Gasteiger partial charge in [-0.25, -0.2) is 0 Å². The van der Waals surface area contributed by atoms with Crippen LogP contribution in [0.3, 0.4) is 0 Å². The zero-order valence-corrected chi connectivity index (χ0v) is 11.0.